The van der Waals surface area contributed by atoms with Gasteiger partial charge in [0.1, 0.15) is 5.69 Å². The number of thioether (sulfide) groups is 1. The third-order valence-corrected chi connectivity index (χ3v) is 8.97. The minimum atomic E-state index is -2.56. The summed E-state index contributed by atoms with van der Waals surface area (Å²) in [6, 6.07) is 30.6. The molecule has 0 amide bonds. The third kappa shape index (κ3) is 3.64. The zero-order chi connectivity index (χ0) is 21.0. The van der Waals surface area contributed by atoms with Crippen molar-refractivity contribution in [1.82, 2.24) is 14.9 Å². The predicted octanol–water partition coefficient (Wildman–Crippen LogP) is 3.61. The Morgan fingerprint density at radius 2 is 1.20 bits per heavy atom. The van der Waals surface area contributed by atoms with E-state index in [2.05, 4.69) is 46.6 Å². The topological polar surface area (TPSA) is 60.1 Å². The van der Waals surface area contributed by atoms with E-state index in [4.69, 9.17) is 4.85 Å². The Morgan fingerprint density at radius 1 is 0.767 bits per heavy atom. The molecule has 0 spiro atoms. The predicted molar refractivity (Wildman–Crippen MR) is 126 cm³/mol. The van der Waals surface area contributed by atoms with Gasteiger partial charge in [0, 0.05) is 15.9 Å². The molecule has 1 heterocycles. The molecule has 0 saturated heterocycles. The van der Waals surface area contributed by atoms with Crippen molar-refractivity contribution in [3.05, 3.63) is 107 Å². The van der Waals surface area contributed by atoms with Gasteiger partial charge in [-0.1, -0.05) is 103 Å². The third-order valence-electron chi connectivity index (χ3n) is 4.76. The fourth-order valence-corrected chi connectivity index (χ4v) is 7.25. The summed E-state index contributed by atoms with van der Waals surface area (Å²) in [5, 5.41) is 11.9. The average molecular weight is 432 g/mol. The Bertz CT molecular complexity index is 1160. The molecule has 0 radical (unpaired) electrons. The maximum Gasteiger partial charge on any atom is 0.296 e. The molecule has 0 saturated carbocycles. The summed E-state index contributed by atoms with van der Waals surface area (Å²) in [7, 11) is -2.56. The first kappa shape index (κ1) is 20.3. The van der Waals surface area contributed by atoms with Crippen molar-refractivity contribution in [1.29, 1.82) is 0 Å². The van der Waals surface area contributed by atoms with Crippen LogP contribution in [0.5, 0.6) is 0 Å². The lowest BCUT2D eigenvalue weighted by Gasteiger charge is -2.26. The van der Waals surface area contributed by atoms with Gasteiger partial charge < -0.3 is 0 Å². The van der Waals surface area contributed by atoms with Crippen LogP contribution in [0.4, 0.5) is 0 Å². The van der Waals surface area contributed by atoms with E-state index < -0.39 is 7.05 Å². The highest BCUT2D eigenvalue weighted by atomic mass is 32.2. The van der Waals surface area contributed by atoms with Crippen LogP contribution in [-0.4, -0.2) is 21.1 Å². The average Bonchev–Trinajstić information content (AvgIpc) is 2.82. The Kier molecular flexibility index (Phi) is 5.98. The number of hydrogen-bond donors (Lipinski definition) is 0. The molecule has 3 aromatic carbocycles. The van der Waals surface area contributed by atoms with Crippen LogP contribution in [0.25, 0.3) is 0 Å². The highest BCUT2D eigenvalue weighted by Crippen LogP contribution is 2.46. The fourth-order valence-electron chi connectivity index (χ4n) is 3.32. The molecule has 1 aromatic heterocycles. The first-order chi connectivity index (χ1) is 14.7. The second kappa shape index (κ2) is 8.82. The smallest absolute Gasteiger partial charge is 0.265 e. The lowest BCUT2D eigenvalue weighted by molar-refractivity contribution is 0.639. The van der Waals surface area contributed by atoms with E-state index in [0.29, 0.717) is 10.9 Å². The maximum atomic E-state index is 13.1. The van der Waals surface area contributed by atoms with Gasteiger partial charge in [0.05, 0.1) is 7.05 Å². The van der Waals surface area contributed by atoms with Crippen LogP contribution in [0.2, 0.25) is 0 Å². The van der Waals surface area contributed by atoms with Crippen molar-refractivity contribution < 1.29 is 0 Å². The zero-order valence-electron chi connectivity index (χ0n) is 16.7. The lowest BCUT2D eigenvalue weighted by atomic mass is 10.4. The molecule has 0 fully saturated rings. The molecule has 0 N–H and O–H groups in total. The van der Waals surface area contributed by atoms with E-state index in [1.54, 1.807) is 6.92 Å². The summed E-state index contributed by atoms with van der Waals surface area (Å²) in [4.78, 5) is 18.3. The van der Waals surface area contributed by atoms with Gasteiger partial charge >= 0.3 is 0 Å². The van der Waals surface area contributed by atoms with E-state index in [9.17, 15) is 4.79 Å². The van der Waals surface area contributed by atoms with E-state index >= 15 is 0 Å². The summed E-state index contributed by atoms with van der Waals surface area (Å²) in [5.41, 5.74) is 0.0744. The van der Waals surface area contributed by atoms with Crippen LogP contribution in [0, 0.1) is 6.92 Å². The van der Waals surface area contributed by atoms with Crippen LogP contribution in [0.1, 0.15) is 5.69 Å². The highest BCUT2D eigenvalue weighted by molar-refractivity contribution is 7.98. The molecule has 0 aliphatic carbocycles. The van der Waals surface area contributed by atoms with Crippen LogP contribution in [0.15, 0.2) is 106 Å². The second-order valence-electron chi connectivity index (χ2n) is 6.62. The van der Waals surface area contributed by atoms with E-state index in [0.717, 1.165) is 15.9 Å². The summed E-state index contributed by atoms with van der Waals surface area (Å²) >= 11 is 1.36. The molecule has 0 atom stereocenters. The lowest BCUT2D eigenvalue weighted by Crippen LogP contribution is -2.29. The van der Waals surface area contributed by atoms with Crippen LogP contribution >= 0.6 is 18.8 Å². The number of aryl methyl sites for hydroxylation is 1. The van der Waals surface area contributed by atoms with Crippen molar-refractivity contribution in [2.24, 2.45) is 4.85 Å². The Labute approximate surface area is 179 Å². The van der Waals surface area contributed by atoms with Crippen LogP contribution < -0.4 is 21.5 Å². The van der Waals surface area contributed by atoms with Crippen molar-refractivity contribution in [3.63, 3.8) is 0 Å². The molecule has 7 heteroatoms. The molecule has 0 aliphatic rings. The SMILES string of the molecule is CSc1nnc(C)c(=O)n1N=P(c1ccccc1)(c1ccccc1)c1ccccc1. The number of hydrogen-bond acceptors (Lipinski definition) is 5. The summed E-state index contributed by atoms with van der Waals surface area (Å²) in [6.45, 7) is 1.67. The molecule has 0 unspecified atom stereocenters. The van der Waals surface area contributed by atoms with Gasteiger partial charge in [-0.2, -0.15) is 9.53 Å². The summed E-state index contributed by atoms with van der Waals surface area (Å²) in [6.07, 6.45) is 1.87. The van der Waals surface area contributed by atoms with E-state index in [-0.39, 0.29) is 5.56 Å². The quantitative estimate of drug-likeness (QED) is 0.357. The molecule has 0 aliphatic heterocycles. The molecular formula is C23H21N4OPS. The van der Waals surface area contributed by atoms with Crippen LogP contribution in [-0.2, 0) is 0 Å². The van der Waals surface area contributed by atoms with Gasteiger partial charge in [0.15, 0.2) is 0 Å². The van der Waals surface area contributed by atoms with Gasteiger partial charge in [0.25, 0.3) is 5.56 Å². The van der Waals surface area contributed by atoms with Gasteiger partial charge in [-0.15, -0.1) is 10.2 Å². The Morgan fingerprint density at radius 3 is 1.60 bits per heavy atom. The molecular weight excluding hydrogens is 411 g/mol. The van der Waals surface area contributed by atoms with Gasteiger partial charge in [0.2, 0.25) is 5.16 Å². The van der Waals surface area contributed by atoms with Crippen LogP contribution in [0.3, 0.4) is 0 Å². The number of rotatable bonds is 5. The Hall–Kier alpha value is -2.95. The Balaban J connectivity index is 2.22. The second-order valence-corrected chi connectivity index (χ2v) is 10.4. The number of benzene rings is 3. The van der Waals surface area contributed by atoms with Gasteiger partial charge in [-0.3, -0.25) is 4.79 Å². The maximum absolute atomic E-state index is 13.1. The summed E-state index contributed by atoms with van der Waals surface area (Å²) in [5.74, 6) is 0. The van der Waals surface area contributed by atoms with Crippen molar-refractivity contribution in [2.45, 2.75) is 12.1 Å². The molecule has 4 aromatic rings. The van der Waals surface area contributed by atoms with Crippen molar-refractivity contribution >= 4 is 34.7 Å². The van der Waals surface area contributed by atoms with Crippen molar-refractivity contribution in [3.8, 4) is 0 Å². The monoisotopic (exact) mass is 432 g/mol. The fraction of sp³-hybridized carbons (Fsp3) is 0.0870. The van der Waals surface area contributed by atoms with Gasteiger partial charge in [-0.05, 0) is 13.2 Å². The summed E-state index contributed by atoms with van der Waals surface area (Å²) < 4.78 is 1.44. The standard InChI is InChI=1S/C23H21N4OPS/c1-18-22(28)27(23(30-2)25-24-18)26-29(19-12-6-3-7-13-19,20-14-8-4-9-15-20)21-16-10-5-11-17-21/h3-17H,1-2H3. The minimum Gasteiger partial charge on any atom is -0.265 e. The molecule has 4 rings (SSSR count). The first-order valence-corrected chi connectivity index (χ1v) is 12.4. The largest absolute Gasteiger partial charge is 0.296 e. The highest BCUT2D eigenvalue weighted by Gasteiger charge is 2.29. The van der Waals surface area contributed by atoms with E-state index in [1.807, 2.05) is 60.9 Å². The number of nitrogens with zero attached hydrogens (tertiary/aromatic N) is 4. The normalized spacial score (nSPS) is 11.3. The van der Waals surface area contributed by atoms with E-state index in [1.165, 1.54) is 16.4 Å². The number of aromatic nitrogens is 3. The molecule has 0 bridgehead atoms. The molecule has 30 heavy (non-hydrogen) atoms. The first-order valence-electron chi connectivity index (χ1n) is 9.46. The van der Waals surface area contributed by atoms with Crippen molar-refractivity contribution in [2.75, 3.05) is 6.26 Å². The molecule has 5 nitrogen and oxygen atoms in total. The molecule has 150 valence electrons. The van der Waals surface area contributed by atoms with Gasteiger partial charge in [-0.25, -0.2) is 0 Å². The zero-order valence-corrected chi connectivity index (χ0v) is 18.4. The minimum absolute atomic E-state index is 0.249.